The van der Waals surface area contributed by atoms with Crippen LogP contribution in [-0.2, 0) is 0 Å². The van der Waals surface area contributed by atoms with E-state index in [9.17, 15) is 0 Å². The van der Waals surface area contributed by atoms with Crippen LogP contribution in [0.4, 0.5) is 0 Å². The Morgan fingerprint density at radius 1 is 1.58 bits per heavy atom. The van der Waals surface area contributed by atoms with Crippen LogP contribution >= 0.6 is 24.8 Å². The molecular weight excluding hydrogens is 188 g/mol. The molecule has 2 nitrogen and oxygen atoms in total. The minimum atomic E-state index is 0.194. The minimum Gasteiger partial charge on any atom is -0.385 e. The normalized spacial score (nSPS) is 17.8. The van der Waals surface area contributed by atoms with Gasteiger partial charge in [-0.05, 0) is 31.8 Å². The molecule has 0 aromatic heterocycles. The van der Waals surface area contributed by atoms with Gasteiger partial charge in [0, 0.05) is 0 Å². The number of rotatable bonds is 1. The maximum Gasteiger partial charge on any atom is 0.128 e. The number of nitrogens with two attached hydrogens (primary N) is 1. The Labute approximate surface area is 85.7 Å². The van der Waals surface area contributed by atoms with E-state index in [1.165, 1.54) is 32.4 Å². The molecule has 12 heavy (non-hydrogen) atoms. The van der Waals surface area contributed by atoms with Crippen LogP contribution in [0.3, 0.4) is 0 Å². The number of hydrogen-bond acceptors (Lipinski definition) is 2. The summed E-state index contributed by atoms with van der Waals surface area (Å²) in [5.41, 5.74) is 4.71. The lowest BCUT2D eigenvalue weighted by atomic mass is 9.96. The van der Waals surface area contributed by atoms with Gasteiger partial charge in [0.2, 0.25) is 0 Å². The van der Waals surface area contributed by atoms with Crippen LogP contribution in [0.2, 0.25) is 0 Å². The third kappa shape index (κ3) is 8.30. The van der Waals surface area contributed by atoms with Crippen LogP contribution in [0.5, 0.6) is 0 Å². The van der Waals surface area contributed by atoms with E-state index in [1.807, 2.05) is 0 Å². The third-order valence-electron chi connectivity index (χ3n) is 2.04. The van der Waals surface area contributed by atoms with Crippen molar-refractivity contribution in [3.63, 3.8) is 0 Å². The van der Waals surface area contributed by atoms with Crippen LogP contribution in [0, 0.1) is 5.92 Å². The van der Waals surface area contributed by atoms with Gasteiger partial charge in [0.25, 0.3) is 0 Å². The summed E-state index contributed by atoms with van der Waals surface area (Å²) < 4.78 is 0.194. The van der Waals surface area contributed by atoms with E-state index in [2.05, 4.69) is 37.1 Å². The van der Waals surface area contributed by atoms with Gasteiger partial charge in [-0.1, -0.05) is 25.6 Å². The zero-order valence-corrected chi connectivity index (χ0v) is 9.26. The fourth-order valence-electron chi connectivity index (χ4n) is 1.29. The molecule has 1 fully saturated rings. The van der Waals surface area contributed by atoms with Gasteiger partial charge in [0.05, 0.1) is 0 Å². The van der Waals surface area contributed by atoms with Crippen LogP contribution in [-0.4, -0.2) is 17.4 Å². The molecule has 0 amide bonds. The average Bonchev–Trinajstić information content (AvgIpc) is 2.05. The van der Waals surface area contributed by atoms with E-state index in [1.54, 1.807) is 0 Å². The lowest BCUT2D eigenvalue weighted by Gasteiger charge is -2.20. The monoisotopic (exact) mass is 206 g/mol. The molecule has 72 valence electrons. The molecule has 0 saturated carbocycles. The zero-order chi connectivity index (χ0) is 9.40. The fraction of sp³-hybridized carbons (Fsp3) is 0.875. The predicted octanol–water partition coefficient (Wildman–Crippen LogP) is 1.56. The van der Waals surface area contributed by atoms with Crippen molar-refractivity contribution in [2.45, 2.75) is 26.2 Å². The van der Waals surface area contributed by atoms with Gasteiger partial charge >= 0.3 is 0 Å². The van der Waals surface area contributed by atoms with Crippen molar-refractivity contribution in [1.29, 1.82) is 0 Å². The molecule has 0 aliphatic carbocycles. The Hall–Kier alpha value is 0.200. The molecule has 1 heterocycles. The number of thiocarbonyl (C=S) groups is 1. The molecule has 1 rings (SSSR count). The molecule has 0 radical (unpaired) electrons. The van der Waals surface area contributed by atoms with E-state index in [0.717, 1.165) is 5.92 Å². The topological polar surface area (TPSA) is 38.0 Å². The Morgan fingerprint density at radius 3 is 2.25 bits per heavy atom. The van der Waals surface area contributed by atoms with E-state index >= 15 is 0 Å². The average molecular weight is 206 g/mol. The molecule has 1 saturated heterocycles. The molecule has 3 N–H and O–H groups in total. The fourth-order valence-corrected chi connectivity index (χ4v) is 1.29. The highest BCUT2D eigenvalue weighted by Gasteiger charge is 2.08. The van der Waals surface area contributed by atoms with Crippen LogP contribution in [0.25, 0.3) is 0 Å². The standard InChI is InChI=1S/C7H15N.CH3NS2/c1-2-7-3-5-8-6-4-7;2-1(3)4/h7-8H,2-6H2,1H3;(H3,2,3,4). The molecular formula is C8H18N2S2. The summed E-state index contributed by atoms with van der Waals surface area (Å²) in [6.07, 6.45) is 4.18. The van der Waals surface area contributed by atoms with Crippen LogP contribution in [0.1, 0.15) is 26.2 Å². The van der Waals surface area contributed by atoms with Gasteiger partial charge in [0.15, 0.2) is 0 Å². The maximum absolute atomic E-state index is 4.71. The molecule has 4 heteroatoms. The van der Waals surface area contributed by atoms with Crippen LogP contribution in [0.15, 0.2) is 0 Å². The molecule has 0 atom stereocenters. The summed E-state index contributed by atoms with van der Waals surface area (Å²) in [7, 11) is 0. The molecule has 1 aliphatic heterocycles. The first-order chi connectivity index (χ1) is 5.66. The van der Waals surface area contributed by atoms with Crippen molar-refractivity contribution in [3.8, 4) is 0 Å². The third-order valence-corrected chi connectivity index (χ3v) is 2.04. The second kappa shape index (κ2) is 7.83. The smallest absolute Gasteiger partial charge is 0.128 e. The predicted molar refractivity (Wildman–Crippen MR) is 61.7 cm³/mol. The van der Waals surface area contributed by atoms with Gasteiger partial charge in [-0.3, -0.25) is 0 Å². The zero-order valence-electron chi connectivity index (χ0n) is 7.55. The number of piperidine rings is 1. The van der Waals surface area contributed by atoms with Crippen molar-refractivity contribution < 1.29 is 0 Å². The lowest BCUT2D eigenvalue weighted by Crippen LogP contribution is -2.27. The molecule has 0 spiro atoms. The SMILES string of the molecule is CCC1CCNCC1.NC(=S)S. The summed E-state index contributed by atoms with van der Waals surface area (Å²) in [4.78, 5) is 0. The highest BCUT2D eigenvalue weighted by molar-refractivity contribution is 8.10. The Bertz CT molecular complexity index is 118. The molecule has 0 bridgehead atoms. The summed E-state index contributed by atoms with van der Waals surface area (Å²) >= 11 is 7.65. The summed E-state index contributed by atoms with van der Waals surface area (Å²) in [6, 6.07) is 0. The van der Waals surface area contributed by atoms with E-state index in [0.29, 0.717) is 0 Å². The minimum absolute atomic E-state index is 0.194. The lowest BCUT2D eigenvalue weighted by molar-refractivity contribution is 0.365. The van der Waals surface area contributed by atoms with E-state index in [4.69, 9.17) is 5.73 Å². The number of nitrogens with one attached hydrogen (secondary N) is 1. The summed E-state index contributed by atoms with van der Waals surface area (Å²) in [5, 5.41) is 3.35. The first-order valence-corrected chi connectivity index (χ1v) is 5.21. The van der Waals surface area contributed by atoms with Crippen molar-refractivity contribution >= 4 is 29.2 Å². The van der Waals surface area contributed by atoms with Gasteiger partial charge in [-0.2, -0.15) is 0 Å². The Morgan fingerprint density at radius 2 is 2.00 bits per heavy atom. The van der Waals surface area contributed by atoms with Crippen LogP contribution < -0.4 is 11.1 Å². The number of thiol groups is 1. The van der Waals surface area contributed by atoms with Gasteiger partial charge in [-0.25, -0.2) is 0 Å². The van der Waals surface area contributed by atoms with Crippen molar-refractivity contribution in [1.82, 2.24) is 5.32 Å². The van der Waals surface area contributed by atoms with Crippen molar-refractivity contribution in [3.05, 3.63) is 0 Å². The first-order valence-electron chi connectivity index (χ1n) is 4.36. The number of hydrogen-bond donors (Lipinski definition) is 3. The summed E-state index contributed by atoms with van der Waals surface area (Å²) in [5.74, 6) is 1.02. The highest BCUT2D eigenvalue weighted by Crippen LogP contribution is 2.13. The quantitative estimate of drug-likeness (QED) is 0.450. The largest absolute Gasteiger partial charge is 0.385 e. The van der Waals surface area contributed by atoms with Gasteiger partial charge in [-0.15, -0.1) is 12.6 Å². The van der Waals surface area contributed by atoms with E-state index < -0.39 is 0 Å². The molecule has 1 aliphatic rings. The molecule has 0 aromatic carbocycles. The van der Waals surface area contributed by atoms with Crippen molar-refractivity contribution in [2.24, 2.45) is 11.7 Å². The maximum atomic E-state index is 4.71. The molecule has 0 aromatic rings. The highest BCUT2D eigenvalue weighted by atomic mass is 32.1. The van der Waals surface area contributed by atoms with Gasteiger partial charge in [0.1, 0.15) is 4.32 Å². The molecule has 0 unspecified atom stereocenters. The first kappa shape index (κ1) is 12.2. The van der Waals surface area contributed by atoms with E-state index in [-0.39, 0.29) is 4.32 Å². The Kier molecular flexibility index (Phi) is 7.96. The summed E-state index contributed by atoms with van der Waals surface area (Å²) in [6.45, 7) is 4.78. The Balaban J connectivity index is 0.000000261. The van der Waals surface area contributed by atoms with Crippen molar-refractivity contribution in [2.75, 3.05) is 13.1 Å². The second-order valence-corrected chi connectivity index (χ2v) is 4.16. The second-order valence-electron chi connectivity index (χ2n) is 2.94. The van der Waals surface area contributed by atoms with Gasteiger partial charge < -0.3 is 11.1 Å².